The molecule has 1 atom stereocenters. The van der Waals surface area contributed by atoms with E-state index in [4.69, 9.17) is 4.42 Å². The fourth-order valence-electron chi connectivity index (χ4n) is 4.85. The number of aromatic amines is 1. The minimum atomic E-state index is -0.628. The van der Waals surface area contributed by atoms with Gasteiger partial charge in [0.05, 0.1) is 10.9 Å². The molecule has 3 heterocycles. The number of rotatable bonds is 4. The third-order valence-electron chi connectivity index (χ3n) is 6.61. The lowest BCUT2D eigenvalue weighted by atomic mass is 9.83. The van der Waals surface area contributed by atoms with Crippen LogP contribution >= 0.6 is 0 Å². The van der Waals surface area contributed by atoms with Crippen LogP contribution in [0.2, 0.25) is 0 Å². The van der Waals surface area contributed by atoms with Crippen LogP contribution in [0.4, 0.5) is 4.39 Å². The average Bonchev–Trinajstić information content (AvgIpc) is 3.32. The van der Waals surface area contributed by atoms with Crippen LogP contribution in [0.5, 0.6) is 5.75 Å². The first-order valence-corrected chi connectivity index (χ1v) is 11.5. The van der Waals surface area contributed by atoms with Crippen LogP contribution < -0.4 is 5.63 Å². The van der Waals surface area contributed by atoms with E-state index in [1.54, 1.807) is 37.3 Å². The Balaban J connectivity index is 1.63. The number of pyridine rings is 1. The molecule has 176 valence electrons. The van der Waals surface area contributed by atoms with Crippen LogP contribution in [0.1, 0.15) is 28.2 Å². The smallest absolute Gasteiger partial charge is 0.344 e. The number of nitrogens with zero attached hydrogens (tertiary/aromatic N) is 1. The Morgan fingerprint density at radius 1 is 0.944 bits per heavy atom. The van der Waals surface area contributed by atoms with E-state index in [2.05, 4.69) is 9.97 Å². The molecule has 0 radical (unpaired) electrons. The summed E-state index contributed by atoms with van der Waals surface area (Å²) in [5.41, 5.74) is 4.40. The van der Waals surface area contributed by atoms with Gasteiger partial charge in [0.2, 0.25) is 5.95 Å². The van der Waals surface area contributed by atoms with Crippen molar-refractivity contribution >= 4 is 21.9 Å². The Bertz CT molecular complexity index is 1820. The highest BCUT2D eigenvalue weighted by molar-refractivity contribution is 5.88. The lowest BCUT2D eigenvalue weighted by molar-refractivity contribution is 0.455. The Morgan fingerprint density at radius 2 is 1.72 bits per heavy atom. The van der Waals surface area contributed by atoms with Gasteiger partial charge in [0.15, 0.2) is 0 Å². The van der Waals surface area contributed by atoms with Crippen molar-refractivity contribution in [3.8, 4) is 16.9 Å². The molecular formula is C30H21FN2O3. The Kier molecular flexibility index (Phi) is 5.15. The van der Waals surface area contributed by atoms with Gasteiger partial charge in [-0.1, -0.05) is 54.6 Å². The topological polar surface area (TPSA) is 79.1 Å². The summed E-state index contributed by atoms with van der Waals surface area (Å²) >= 11 is 0. The molecular weight excluding hydrogens is 455 g/mol. The largest absolute Gasteiger partial charge is 0.507 e. The second kappa shape index (κ2) is 8.50. The number of aromatic hydroxyl groups is 1. The number of hydrogen-bond donors (Lipinski definition) is 2. The standard InChI is InChI=1S/C30H21FN2O3/c1-17-13-20(15-33-29(17)31)18-7-6-8-19(14-18)26(23-16-32-24-11-4-2-9-21(23)24)27-28(34)22-10-3-5-12-25(22)36-30(27)35/h2-16,26,32,34H,1H3. The molecule has 5 nitrogen and oxygen atoms in total. The van der Waals surface area contributed by atoms with E-state index in [-0.39, 0.29) is 11.3 Å². The summed E-state index contributed by atoms with van der Waals surface area (Å²) in [6.07, 6.45) is 3.35. The summed E-state index contributed by atoms with van der Waals surface area (Å²) in [5, 5.41) is 12.8. The number of para-hydroxylation sites is 2. The zero-order chi connectivity index (χ0) is 24.8. The highest BCUT2D eigenvalue weighted by Gasteiger charge is 2.28. The molecule has 0 saturated carbocycles. The Hall–Kier alpha value is -4.71. The molecule has 3 aromatic carbocycles. The number of hydrogen-bond acceptors (Lipinski definition) is 4. The first-order valence-electron chi connectivity index (χ1n) is 11.5. The number of H-pyrrole nitrogens is 1. The maximum atomic E-state index is 13.8. The van der Waals surface area contributed by atoms with Crippen molar-refractivity contribution in [2.24, 2.45) is 0 Å². The quantitative estimate of drug-likeness (QED) is 0.220. The zero-order valence-corrected chi connectivity index (χ0v) is 19.3. The number of halogens is 1. The third-order valence-corrected chi connectivity index (χ3v) is 6.61. The van der Waals surface area contributed by atoms with Gasteiger partial charge in [-0.05, 0) is 47.9 Å². The van der Waals surface area contributed by atoms with Crippen molar-refractivity contribution in [1.29, 1.82) is 0 Å². The van der Waals surface area contributed by atoms with Crippen molar-refractivity contribution in [2.75, 3.05) is 0 Å². The maximum Gasteiger partial charge on any atom is 0.344 e. The molecule has 6 heteroatoms. The fourth-order valence-corrected chi connectivity index (χ4v) is 4.85. The summed E-state index contributed by atoms with van der Waals surface area (Å²) in [5.74, 6) is -1.25. The number of nitrogens with one attached hydrogen (secondary N) is 1. The van der Waals surface area contributed by atoms with Gasteiger partial charge in [-0.25, -0.2) is 9.78 Å². The van der Waals surface area contributed by atoms with E-state index < -0.39 is 17.5 Å². The molecule has 6 rings (SSSR count). The molecule has 3 aromatic heterocycles. The number of benzene rings is 3. The highest BCUT2D eigenvalue weighted by Crippen LogP contribution is 2.41. The number of fused-ring (bicyclic) bond motifs is 2. The van der Waals surface area contributed by atoms with E-state index >= 15 is 0 Å². The molecule has 0 spiro atoms. The third kappa shape index (κ3) is 3.55. The van der Waals surface area contributed by atoms with Gasteiger partial charge in [-0.15, -0.1) is 0 Å². The van der Waals surface area contributed by atoms with Gasteiger partial charge in [0, 0.05) is 40.3 Å². The van der Waals surface area contributed by atoms with Gasteiger partial charge in [0.25, 0.3) is 0 Å². The first-order chi connectivity index (χ1) is 17.5. The van der Waals surface area contributed by atoms with Crippen molar-refractivity contribution in [2.45, 2.75) is 12.8 Å². The minimum Gasteiger partial charge on any atom is -0.507 e. The molecule has 2 N–H and O–H groups in total. The van der Waals surface area contributed by atoms with Gasteiger partial charge in [-0.2, -0.15) is 4.39 Å². The maximum absolute atomic E-state index is 13.8. The van der Waals surface area contributed by atoms with E-state index in [9.17, 15) is 14.3 Å². The van der Waals surface area contributed by atoms with E-state index in [0.29, 0.717) is 16.5 Å². The second-order valence-corrected chi connectivity index (χ2v) is 8.83. The monoisotopic (exact) mass is 476 g/mol. The Labute approximate surface area is 205 Å². The molecule has 0 amide bonds. The van der Waals surface area contributed by atoms with Gasteiger partial charge in [0.1, 0.15) is 11.3 Å². The zero-order valence-electron chi connectivity index (χ0n) is 19.3. The lowest BCUT2D eigenvalue weighted by Gasteiger charge is -2.19. The van der Waals surface area contributed by atoms with Gasteiger partial charge < -0.3 is 14.5 Å². The van der Waals surface area contributed by atoms with Crippen LogP contribution in [0.3, 0.4) is 0 Å². The SMILES string of the molecule is Cc1cc(-c2cccc(C(c3c(O)c4ccccc4oc3=O)c3c[nH]c4ccccc34)c2)cnc1F. The van der Waals surface area contributed by atoms with Crippen molar-refractivity contribution in [3.05, 3.63) is 130 Å². The normalized spacial score (nSPS) is 12.3. The van der Waals surface area contributed by atoms with Gasteiger partial charge in [-0.3, -0.25) is 0 Å². The van der Waals surface area contributed by atoms with E-state index in [1.807, 2.05) is 54.7 Å². The van der Waals surface area contributed by atoms with Crippen LogP contribution in [-0.2, 0) is 0 Å². The average molecular weight is 477 g/mol. The summed E-state index contributed by atoms with van der Waals surface area (Å²) in [7, 11) is 0. The van der Waals surface area contributed by atoms with Crippen LogP contribution in [0.15, 0.2) is 100 Å². The number of aromatic nitrogens is 2. The summed E-state index contributed by atoms with van der Waals surface area (Å²) in [4.78, 5) is 20.5. The van der Waals surface area contributed by atoms with Crippen molar-refractivity contribution in [3.63, 3.8) is 0 Å². The molecule has 1 unspecified atom stereocenters. The molecule has 36 heavy (non-hydrogen) atoms. The molecule has 0 bridgehead atoms. The summed E-state index contributed by atoms with van der Waals surface area (Å²) in [6, 6.07) is 24.1. The van der Waals surface area contributed by atoms with E-state index in [0.717, 1.165) is 33.2 Å². The fraction of sp³-hybridized carbons (Fsp3) is 0.0667. The molecule has 0 aliphatic carbocycles. The molecule has 0 aliphatic rings. The first kappa shape index (κ1) is 21.8. The van der Waals surface area contributed by atoms with Gasteiger partial charge >= 0.3 is 5.63 Å². The van der Waals surface area contributed by atoms with Crippen LogP contribution in [0, 0.1) is 12.9 Å². The second-order valence-electron chi connectivity index (χ2n) is 8.83. The summed E-state index contributed by atoms with van der Waals surface area (Å²) < 4.78 is 19.5. The lowest BCUT2D eigenvalue weighted by Crippen LogP contribution is -2.15. The van der Waals surface area contributed by atoms with Crippen LogP contribution in [-0.4, -0.2) is 15.1 Å². The molecule has 0 aliphatic heterocycles. The Morgan fingerprint density at radius 3 is 2.56 bits per heavy atom. The summed E-state index contributed by atoms with van der Waals surface area (Å²) in [6.45, 7) is 1.67. The van der Waals surface area contributed by atoms with Crippen LogP contribution in [0.25, 0.3) is 33.0 Å². The number of aryl methyl sites for hydroxylation is 1. The predicted octanol–water partition coefficient (Wildman–Crippen LogP) is 6.67. The minimum absolute atomic E-state index is 0.109. The predicted molar refractivity (Wildman–Crippen MR) is 138 cm³/mol. The molecule has 0 saturated heterocycles. The van der Waals surface area contributed by atoms with E-state index in [1.165, 1.54) is 6.20 Å². The molecule has 6 aromatic rings. The van der Waals surface area contributed by atoms with Crippen molar-refractivity contribution in [1.82, 2.24) is 9.97 Å². The van der Waals surface area contributed by atoms with Crippen molar-refractivity contribution < 1.29 is 13.9 Å². The highest BCUT2D eigenvalue weighted by atomic mass is 19.1. The molecule has 0 fully saturated rings.